The molecule has 0 bridgehead atoms. The van der Waals surface area contributed by atoms with E-state index < -0.39 is 6.09 Å². The summed E-state index contributed by atoms with van der Waals surface area (Å²) in [5.74, 6) is 0.347. The molecule has 1 rings (SSSR count). The van der Waals surface area contributed by atoms with Crippen LogP contribution in [0.2, 0.25) is 0 Å². The zero-order valence-electron chi connectivity index (χ0n) is 8.37. The first-order valence-corrected chi connectivity index (χ1v) is 4.15. The Morgan fingerprint density at radius 2 is 2.40 bits per heavy atom. The normalized spacial score (nSPS) is 9.13. The van der Waals surface area contributed by atoms with E-state index in [2.05, 4.69) is 10.3 Å². The summed E-state index contributed by atoms with van der Waals surface area (Å²) in [4.78, 5) is 14.8. The van der Waals surface area contributed by atoms with Crippen LogP contribution in [0.1, 0.15) is 11.3 Å². The average molecular weight is 206 g/mol. The van der Waals surface area contributed by atoms with Crippen molar-refractivity contribution in [3.05, 3.63) is 17.3 Å². The lowest BCUT2D eigenvalue weighted by Crippen LogP contribution is -2.22. The number of carbonyl (C=O) groups excluding carboxylic acids is 1. The number of amides is 1. The fourth-order valence-electron chi connectivity index (χ4n) is 0.949. The minimum atomic E-state index is -0.617. The van der Waals surface area contributed by atoms with E-state index in [1.807, 2.05) is 6.07 Å². The molecule has 78 valence electrons. The molecule has 6 nitrogen and oxygen atoms in total. The summed E-state index contributed by atoms with van der Waals surface area (Å²) in [5.41, 5.74) is 6.11. The summed E-state index contributed by atoms with van der Waals surface area (Å²) < 4.78 is 4.87. The minimum Gasteiger partial charge on any atom is -0.408 e. The van der Waals surface area contributed by atoms with Gasteiger partial charge in [-0.1, -0.05) is 0 Å². The third-order valence-electron chi connectivity index (χ3n) is 1.72. The monoisotopic (exact) mass is 206 g/mol. The molecule has 0 unspecified atom stereocenters. The van der Waals surface area contributed by atoms with Crippen LogP contribution in [-0.2, 0) is 0 Å². The maximum atomic E-state index is 10.9. The first-order chi connectivity index (χ1) is 7.08. The highest BCUT2D eigenvalue weighted by molar-refractivity contribution is 5.70. The van der Waals surface area contributed by atoms with Crippen LogP contribution in [-0.4, -0.2) is 18.1 Å². The fraction of sp³-hybridized carbons (Fsp3) is 0.222. The molecule has 0 fully saturated rings. The van der Waals surface area contributed by atoms with Crippen LogP contribution < -0.4 is 15.8 Å². The second-order valence-corrected chi connectivity index (χ2v) is 2.76. The van der Waals surface area contributed by atoms with Crippen molar-refractivity contribution >= 4 is 11.9 Å². The van der Waals surface area contributed by atoms with Gasteiger partial charge in [0.25, 0.3) is 0 Å². The second kappa shape index (κ2) is 4.28. The Morgan fingerprint density at radius 1 is 1.73 bits per heavy atom. The molecular weight excluding hydrogens is 196 g/mol. The average Bonchev–Trinajstić information content (AvgIpc) is 2.21. The van der Waals surface area contributed by atoms with Gasteiger partial charge in [0.05, 0.1) is 11.3 Å². The van der Waals surface area contributed by atoms with Crippen LogP contribution in [0.15, 0.2) is 6.07 Å². The molecule has 1 aromatic rings. The number of rotatable bonds is 1. The van der Waals surface area contributed by atoms with Crippen LogP contribution in [0.3, 0.4) is 0 Å². The lowest BCUT2D eigenvalue weighted by Gasteiger charge is -2.07. The minimum absolute atomic E-state index is 0.124. The van der Waals surface area contributed by atoms with Gasteiger partial charge in [0.1, 0.15) is 11.9 Å². The SMILES string of the molecule is CNC(=O)Oc1cc(C#N)c(N)nc1C. The van der Waals surface area contributed by atoms with Gasteiger partial charge in [-0.05, 0) is 6.92 Å². The number of nitrogen functional groups attached to an aromatic ring is 1. The number of pyridine rings is 1. The number of ether oxygens (including phenoxy) is 1. The number of carbonyl (C=O) groups is 1. The molecule has 1 amide bonds. The van der Waals surface area contributed by atoms with Crippen molar-refractivity contribution in [1.29, 1.82) is 5.26 Å². The largest absolute Gasteiger partial charge is 0.412 e. The number of hydrogen-bond donors (Lipinski definition) is 2. The smallest absolute Gasteiger partial charge is 0.408 e. The van der Waals surface area contributed by atoms with E-state index in [0.29, 0.717) is 5.69 Å². The van der Waals surface area contributed by atoms with Crippen LogP contribution >= 0.6 is 0 Å². The molecule has 6 heteroatoms. The van der Waals surface area contributed by atoms with Crippen molar-refractivity contribution in [1.82, 2.24) is 10.3 Å². The molecule has 0 aromatic carbocycles. The molecular formula is C9H10N4O2. The summed E-state index contributed by atoms with van der Waals surface area (Å²) >= 11 is 0. The molecule has 3 N–H and O–H groups in total. The van der Waals surface area contributed by atoms with Crippen molar-refractivity contribution in [2.75, 3.05) is 12.8 Å². The molecule has 15 heavy (non-hydrogen) atoms. The summed E-state index contributed by atoms with van der Waals surface area (Å²) in [5, 5.41) is 11.0. The Morgan fingerprint density at radius 3 is 2.93 bits per heavy atom. The highest BCUT2D eigenvalue weighted by atomic mass is 16.6. The number of anilines is 1. The zero-order chi connectivity index (χ0) is 11.4. The Bertz CT molecular complexity index is 436. The van der Waals surface area contributed by atoms with Crippen LogP contribution in [0.5, 0.6) is 5.75 Å². The highest BCUT2D eigenvalue weighted by Crippen LogP contribution is 2.20. The number of nitriles is 1. The van der Waals surface area contributed by atoms with Gasteiger partial charge in [-0.2, -0.15) is 5.26 Å². The maximum Gasteiger partial charge on any atom is 0.412 e. The van der Waals surface area contributed by atoms with Gasteiger partial charge < -0.3 is 15.8 Å². The van der Waals surface area contributed by atoms with Crippen molar-refractivity contribution in [2.45, 2.75) is 6.92 Å². The number of nitrogens with one attached hydrogen (secondary N) is 1. The number of aryl methyl sites for hydroxylation is 1. The molecule has 1 aromatic heterocycles. The van der Waals surface area contributed by atoms with Crippen LogP contribution in [0.4, 0.5) is 10.6 Å². The third-order valence-corrected chi connectivity index (χ3v) is 1.72. The van der Waals surface area contributed by atoms with Gasteiger partial charge in [0.2, 0.25) is 0 Å². The first-order valence-electron chi connectivity index (χ1n) is 4.15. The Balaban J connectivity index is 3.09. The first kappa shape index (κ1) is 10.8. The van der Waals surface area contributed by atoms with Gasteiger partial charge in [-0.25, -0.2) is 9.78 Å². The molecule has 0 radical (unpaired) electrons. The van der Waals surface area contributed by atoms with E-state index in [9.17, 15) is 4.79 Å². The molecule has 0 aliphatic rings. The van der Waals surface area contributed by atoms with Gasteiger partial charge in [0.15, 0.2) is 5.75 Å². The van der Waals surface area contributed by atoms with Gasteiger partial charge in [-0.3, -0.25) is 0 Å². The predicted octanol–water partition coefficient (Wildman–Crippen LogP) is 0.562. The Hall–Kier alpha value is -2.29. The maximum absolute atomic E-state index is 10.9. The van der Waals surface area contributed by atoms with E-state index in [0.717, 1.165) is 0 Å². The predicted molar refractivity (Wildman–Crippen MR) is 53.2 cm³/mol. The summed E-state index contributed by atoms with van der Waals surface area (Å²) in [6.45, 7) is 1.63. The standard InChI is InChI=1S/C9H10N4O2/c1-5-7(15-9(14)12-2)3-6(4-10)8(11)13-5/h3H,1-2H3,(H2,11,13)(H,12,14). The quantitative estimate of drug-likeness (QED) is 0.699. The van der Waals surface area contributed by atoms with Crippen molar-refractivity contribution in [3.8, 4) is 11.8 Å². The summed E-state index contributed by atoms with van der Waals surface area (Å²) in [6.07, 6.45) is -0.617. The molecule has 0 saturated heterocycles. The van der Waals surface area contributed by atoms with Crippen molar-refractivity contribution in [3.63, 3.8) is 0 Å². The summed E-state index contributed by atoms with van der Waals surface area (Å²) in [7, 11) is 1.44. The molecule has 0 saturated carbocycles. The number of aromatic nitrogens is 1. The topological polar surface area (TPSA) is 101 Å². The summed E-state index contributed by atoms with van der Waals surface area (Å²) in [6, 6.07) is 3.24. The van der Waals surface area contributed by atoms with Crippen molar-refractivity contribution in [2.24, 2.45) is 0 Å². The van der Waals surface area contributed by atoms with E-state index in [4.69, 9.17) is 15.7 Å². The lowest BCUT2D eigenvalue weighted by molar-refractivity contribution is 0.202. The van der Waals surface area contributed by atoms with Gasteiger partial charge in [0, 0.05) is 13.1 Å². The Labute approximate surface area is 86.7 Å². The molecule has 0 spiro atoms. The van der Waals surface area contributed by atoms with Gasteiger partial charge in [-0.15, -0.1) is 0 Å². The lowest BCUT2D eigenvalue weighted by atomic mass is 10.2. The van der Waals surface area contributed by atoms with Gasteiger partial charge >= 0.3 is 6.09 Å². The van der Waals surface area contributed by atoms with E-state index in [1.165, 1.54) is 13.1 Å². The third kappa shape index (κ3) is 2.34. The van der Waals surface area contributed by atoms with Crippen LogP contribution in [0, 0.1) is 18.3 Å². The van der Waals surface area contributed by atoms with E-state index >= 15 is 0 Å². The highest BCUT2D eigenvalue weighted by Gasteiger charge is 2.10. The zero-order valence-corrected chi connectivity index (χ0v) is 8.37. The number of nitrogens with zero attached hydrogens (tertiary/aromatic N) is 2. The van der Waals surface area contributed by atoms with Crippen molar-refractivity contribution < 1.29 is 9.53 Å². The molecule has 0 aliphatic heterocycles. The van der Waals surface area contributed by atoms with E-state index in [1.54, 1.807) is 6.92 Å². The molecule has 1 heterocycles. The van der Waals surface area contributed by atoms with Crippen LogP contribution in [0.25, 0.3) is 0 Å². The number of hydrogen-bond acceptors (Lipinski definition) is 5. The molecule has 0 aliphatic carbocycles. The fourth-order valence-corrected chi connectivity index (χ4v) is 0.949. The second-order valence-electron chi connectivity index (χ2n) is 2.76. The molecule has 0 atom stereocenters. The number of nitrogens with two attached hydrogens (primary N) is 1. The Kier molecular flexibility index (Phi) is 3.08. The van der Waals surface area contributed by atoms with E-state index in [-0.39, 0.29) is 17.1 Å².